The summed E-state index contributed by atoms with van der Waals surface area (Å²) in [7, 11) is 0. The van der Waals surface area contributed by atoms with Gasteiger partial charge in [-0.3, -0.25) is 29.4 Å². The molecular weight excluding hydrogens is 927 g/mol. The third-order valence-electron chi connectivity index (χ3n) is 14.7. The highest BCUT2D eigenvalue weighted by molar-refractivity contribution is 6.23. The highest BCUT2D eigenvalue weighted by atomic mass is 16.6. The number of carbonyl (C=O) groups excluding carboxylic acids is 4. The quantitative estimate of drug-likeness (QED) is 0.0660. The monoisotopic (exact) mass is 975 g/mol. The van der Waals surface area contributed by atoms with E-state index in [1.165, 1.54) is 36.4 Å². The van der Waals surface area contributed by atoms with Gasteiger partial charge >= 0.3 is 12.1 Å². The summed E-state index contributed by atoms with van der Waals surface area (Å²) in [4.78, 5) is 79.0. The van der Waals surface area contributed by atoms with E-state index in [4.69, 9.17) is 9.47 Å². The Morgan fingerprint density at radius 1 is 0.781 bits per heavy atom. The number of aromatic nitrogens is 3. The van der Waals surface area contributed by atoms with E-state index in [1.807, 2.05) is 89.8 Å². The lowest BCUT2D eigenvalue weighted by Crippen LogP contribution is -2.56. The molecule has 7 aromatic rings. The Labute approximate surface area is 419 Å². The van der Waals surface area contributed by atoms with Gasteiger partial charge < -0.3 is 19.5 Å². The minimum absolute atomic E-state index is 0.0484. The first-order valence-electron chi connectivity index (χ1n) is 24.5. The molecule has 16 nitrogen and oxygen atoms in total. The van der Waals surface area contributed by atoms with E-state index in [2.05, 4.69) is 22.2 Å². The van der Waals surface area contributed by atoms with Gasteiger partial charge in [-0.2, -0.15) is 0 Å². The number of cyclic esters (lactones) is 1. The minimum atomic E-state index is -2.06. The Kier molecular flexibility index (Phi) is 12.5. The molecule has 6 atom stereocenters. The first-order valence-corrected chi connectivity index (χ1v) is 24.5. The molecule has 0 saturated carbocycles. The zero-order valence-corrected chi connectivity index (χ0v) is 39.5. The van der Waals surface area contributed by atoms with Crippen LogP contribution in [-0.2, 0) is 42.4 Å². The van der Waals surface area contributed by atoms with E-state index in [9.17, 15) is 20.0 Å². The van der Waals surface area contributed by atoms with Crippen LogP contribution < -0.4 is 4.90 Å². The summed E-state index contributed by atoms with van der Waals surface area (Å²) in [5.41, 5.74) is 2.50. The number of carbonyl (C=O) groups is 4. The fourth-order valence-electron chi connectivity index (χ4n) is 11.4. The van der Waals surface area contributed by atoms with Crippen LogP contribution >= 0.6 is 0 Å². The molecule has 16 heteroatoms. The number of likely N-dealkylation sites (tertiary alicyclic amines) is 1. The number of rotatable bonds is 8. The van der Waals surface area contributed by atoms with Gasteiger partial charge in [0.25, 0.3) is 5.69 Å². The number of amides is 3. The second kappa shape index (κ2) is 19.5. The van der Waals surface area contributed by atoms with Crippen molar-refractivity contribution in [2.45, 2.75) is 74.9 Å². The largest absolute Gasteiger partial charge is 0.508 e. The normalized spacial score (nSPS) is 22.7. The molecule has 11 rings (SSSR count). The highest BCUT2D eigenvalue weighted by Gasteiger charge is 2.76. The molecule has 0 bridgehead atoms. The van der Waals surface area contributed by atoms with Gasteiger partial charge in [0, 0.05) is 30.8 Å². The number of hydrogen-bond acceptors (Lipinski definition) is 12. The predicted octanol–water partition coefficient (Wildman–Crippen LogP) is 8.89. The van der Waals surface area contributed by atoms with E-state index in [0.717, 1.165) is 35.2 Å². The Balaban J connectivity index is 1.14. The number of nitro groups is 1. The number of esters is 1. The van der Waals surface area contributed by atoms with Gasteiger partial charge in [0.15, 0.2) is 0 Å². The third-order valence-corrected chi connectivity index (χ3v) is 14.7. The van der Waals surface area contributed by atoms with E-state index in [-0.39, 0.29) is 35.8 Å². The standard InChI is InChI=1S/C57H49N7O9/c65-43-29-25-41(26-30-43)52-57(48(53(66)60-32-12-2-1-3-13-33-60)50-54(67)73-51(40-18-8-5-9-19-40)49(63(50)52)39-16-6-4-7-17-39)44-35-37(15-14-34-61-47-21-11-10-20-45(47)58-59-61)24-31-46(44)62(55(57)68)56(69)72-36-38-22-27-42(28-23-38)64(70)71/h4-11,16-31,35,48-52,65H,1-3,12-13,32-34,36H2. The predicted molar refractivity (Wildman–Crippen MR) is 267 cm³/mol. The molecule has 1 spiro atoms. The summed E-state index contributed by atoms with van der Waals surface area (Å²) in [6, 6.07) is 40.0. The van der Waals surface area contributed by atoms with Crippen LogP contribution in [0.4, 0.5) is 16.2 Å². The van der Waals surface area contributed by atoms with Crippen LogP contribution in [0.15, 0.2) is 152 Å². The molecule has 3 amide bonds. The first kappa shape index (κ1) is 46.7. The van der Waals surface area contributed by atoms with Gasteiger partial charge in [-0.1, -0.05) is 121 Å². The van der Waals surface area contributed by atoms with Crippen molar-refractivity contribution in [2.75, 3.05) is 18.0 Å². The van der Waals surface area contributed by atoms with E-state index in [0.29, 0.717) is 53.7 Å². The molecule has 6 aromatic carbocycles. The third kappa shape index (κ3) is 8.30. The van der Waals surface area contributed by atoms with Crippen LogP contribution in [0.5, 0.6) is 5.75 Å². The lowest BCUT2D eigenvalue weighted by molar-refractivity contribution is -0.384. The number of aromatic hydroxyl groups is 1. The van der Waals surface area contributed by atoms with Crippen molar-refractivity contribution < 1.29 is 38.7 Å². The number of fused-ring (bicyclic) bond motifs is 4. The zero-order chi connectivity index (χ0) is 50.2. The van der Waals surface area contributed by atoms with Gasteiger partial charge in [0.2, 0.25) is 11.8 Å². The number of phenolic OH excluding ortho intramolecular Hbond substituents is 1. The second-order valence-electron chi connectivity index (χ2n) is 18.8. The molecule has 0 radical (unpaired) electrons. The SMILES string of the molecule is O=C1OC(c2ccccc2)C(c2ccccc2)N2C1C(C(=O)N1CCCCCCC1)C1(C(=O)N(C(=O)OCc3ccc([N+](=O)[O-])cc3)c3ccc(C#CCn4nnc5ccccc54)cc31)C2c1ccc(O)cc1. The Hall–Kier alpha value is -8.68. The van der Waals surface area contributed by atoms with Crippen LogP contribution in [-0.4, -0.2) is 77.8 Å². The molecule has 1 aromatic heterocycles. The van der Waals surface area contributed by atoms with Gasteiger partial charge in [0.1, 0.15) is 42.0 Å². The smallest absolute Gasteiger partial charge is 0.421 e. The maximum absolute atomic E-state index is 16.7. The van der Waals surface area contributed by atoms with Crippen LogP contribution in [0.25, 0.3) is 11.0 Å². The molecule has 6 unspecified atom stereocenters. The summed E-state index contributed by atoms with van der Waals surface area (Å²) in [5.74, 6) is 2.99. The number of benzene rings is 6. The van der Waals surface area contributed by atoms with Crippen molar-refractivity contribution in [3.63, 3.8) is 0 Å². The lowest BCUT2D eigenvalue weighted by Gasteiger charge is -2.46. The van der Waals surface area contributed by atoms with Crippen LogP contribution in [0, 0.1) is 27.9 Å². The molecule has 4 aliphatic heterocycles. The fraction of sp³-hybridized carbons (Fsp3) is 0.263. The van der Waals surface area contributed by atoms with Gasteiger partial charge in [-0.25, -0.2) is 14.4 Å². The molecule has 0 aliphatic carbocycles. The van der Waals surface area contributed by atoms with E-state index in [1.54, 1.807) is 39.9 Å². The molecule has 3 fully saturated rings. The molecular formula is C57H49N7O9. The van der Waals surface area contributed by atoms with Gasteiger partial charge in [0.05, 0.1) is 34.1 Å². The van der Waals surface area contributed by atoms with Crippen molar-refractivity contribution in [1.82, 2.24) is 24.8 Å². The van der Waals surface area contributed by atoms with Gasteiger partial charge in [-0.15, -0.1) is 5.10 Å². The first-order chi connectivity index (χ1) is 35.6. The maximum Gasteiger partial charge on any atom is 0.421 e. The fourth-order valence-corrected chi connectivity index (χ4v) is 11.4. The lowest BCUT2D eigenvalue weighted by atomic mass is 9.64. The number of non-ortho nitro benzene ring substituents is 1. The number of anilines is 1. The Morgan fingerprint density at radius 3 is 2.16 bits per heavy atom. The molecule has 366 valence electrons. The van der Waals surface area contributed by atoms with Crippen LogP contribution in [0.2, 0.25) is 0 Å². The number of ether oxygens (including phenoxy) is 2. The van der Waals surface area contributed by atoms with E-state index >= 15 is 14.4 Å². The van der Waals surface area contributed by atoms with Crippen molar-refractivity contribution in [1.29, 1.82) is 0 Å². The van der Waals surface area contributed by atoms with Crippen LogP contribution in [0.1, 0.15) is 83.7 Å². The molecule has 1 N–H and O–H groups in total. The van der Waals surface area contributed by atoms with Crippen molar-refractivity contribution in [3.05, 3.63) is 195 Å². The average Bonchev–Trinajstić information content (AvgIpc) is 4.07. The summed E-state index contributed by atoms with van der Waals surface area (Å²) in [5, 5.41) is 30.9. The highest BCUT2D eigenvalue weighted by Crippen LogP contribution is 2.66. The Morgan fingerprint density at radius 2 is 1.45 bits per heavy atom. The van der Waals surface area contributed by atoms with Gasteiger partial charge in [-0.05, 0) is 95.3 Å². The second-order valence-corrected chi connectivity index (χ2v) is 18.8. The zero-order valence-electron chi connectivity index (χ0n) is 39.5. The van der Waals surface area contributed by atoms with Crippen LogP contribution in [0.3, 0.4) is 0 Å². The average molecular weight is 976 g/mol. The van der Waals surface area contributed by atoms with Crippen molar-refractivity contribution in [2.24, 2.45) is 5.92 Å². The summed E-state index contributed by atoms with van der Waals surface area (Å²) >= 11 is 0. The number of imide groups is 1. The molecule has 4 aliphatic rings. The Bertz CT molecular complexity index is 3310. The molecule has 73 heavy (non-hydrogen) atoms. The van der Waals surface area contributed by atoms with Crippen molar-refractivity contribution in [3.8, 4) is 17.6 Å². The number of nitro benzene ring substituents is 1. The van der Waals surface area contributed by atoms with Crippen molar-refractivity contribution >= 4 is 46.3 Å². The summed E-state index contributed by atoms with van der Waals surface area (Å²) < 4.78 is 14.3. The number of morpholine rings is 1. The number of phenols is 1. The number of hydrogen-bond donors (Lipinski definition) is 1. The molecule has 3 saturated heterocycles. The van der Waals surface area contributed by atoms with E-state index < -0.39 is 64.4 Å². The molecule has 5 heterocycles. The summed E-state index contributed by atoms with van der Waals surface area (Å²) in [6.07, 6.45) is 2.23. The topological polar surface area (TPSA) is 191 Å². The number of para-hydroxylation sites is 1. The number of nitrogens with zero attached hydrogens (tertiary/aromatic N) is 7. The summed E-state index contributed by atoms with van der Waals surface area (Å²) in [6.45, 7) is 0.583. The maximum atomic E-state index is 16.7. The minimum Gasteiger partial charge on any atom is -0.508 e.